The Bertz CT molecular complexity index is 578. The highest BCUT2D eigenvalue weighted by molar-refractivity contribution is 7.89. The number of aryl methyl sites for hydroxylation is 2. The lowest BCUT2D eigenvalue weighted by atomic mass is 10.1. The zero-order valence-electron chi connectivity index (χ0n) is 12.5. The molecule has 4 nitrogen and oxygen atoms in total. The molecule has 0 spiro atoms. The topological polar surface area (TPSA) is 49.4 Å². The molecule has 1 saturated heterocycles. The van der Waals surface area contributed by atoms with Gasteiger partial charge in [0.2, 0.25) is 10.0 Å². The fourth-order valence-electron chi connectivity index (χ4n) is 2.59. The number of piperidine rings is 1. The van der Waals surface area contributed by atoms with Gasteiger partial charge in [0.1, 0.15) is 5.82 Å². The lowest BCUT2D eigenvalue weighted by Gasteiger charge is -2.31. The molecule has 7 heteroatoms. The van der Waals surface area contributed by atoms with Crippen molar-refractivity contribution in [2.45, 2.75) is 37.6 Å². The van der Waals surface area contributed by atoms with Crippen LogP contribution in [0.25, 0.3) is 0 Å². The Morgan fingerprint density at radius 1 is 1.19 bits per heavy atom. The predicted molar refractivity (Wildman–Crippen MR) is 84.0 cm³/mol. The van der Waals surface area contributed by atoms with Crippen LogP contribution < -0.4 is 5.32 Å². The van der Waals surface area contributed by atoms with Crippen LogP contribution in [0.5, 0.6) is 0 Å². The number of nitrogens with one attached hydrogen (secondary N) is 1. The molecule has 0 amide bonds. The summed E-state index contributed by atoms with van der Waals surface area (Å²) in [6.45, 7) is 4.83. The average molecular weight is 337 g/mol. The molecule has 0 aliphatic carbocycles. The molecule has 0 saturated carbocycles. The molecule has 0 bridgehead atoms. The number of halogens is 2. The van der Waals surface area contributed by atoms with Gasteiger partial charge in [0, 0.05) is 13.1 Å². The van der Waals surface area contributed by atoms with E-state index in [4.69, 9.17) is 0 Å². The van der Waals surface area contributed by atoms with Crippen molar-refractivity contribution in [3.63, 3.8) is 0 Å². The number of nitrogens with zero attached hydrogens (tertiary/aromatic N) is 1. The molecule has 0 atom stereocenters. The second-order valence-electron chi connectivity index (χ2n) is 5.37. The van der Waals surface area contributed by atoms with Gasteiger partial charge in [-0.1, -0.05) is 0 Å². The maximum Gasteiger partial charge on any atom is 0.243 e. The summed E-state index contributed by atoms with van der Waals surface area (Å²) in [6, 6.07) is 2.83. The minimum absolute atomic E-state index is 0. The first-order chi connectivity index (χ1) is 9.34. The monoisotopic (exact) mass is 336 g/mol. The van der Waals surface area contributed by atoms with Crippen LogP contribution in [0.2, 0.25) is 0 Å². The highest BCUT2D eigenvalue weighted by Gasteiger charge is 2.29. The fraction of sp³-hybridized carbons (Fsp3) is 0.571. The summed E-state index contributed by atoms with van der Waals surface area (Å²) in [7, 11) is -1.95. The van der Waals surface area contributed by atoms with Gasteiger partial charge >= 0.3 is 0 Å². The Kier molecular flexibility index (Phi) is 6.16. The molecular formula is C14H22ClFN2O2S. The average Bonchev–Trinajstić information content (AvgIpc) is 2.44. The molecule has 0 radical (unpaired) electrons. The SMILES string of the molecule is Cc1cc(S(=O)(=O)N(C)C2CCNCC2)cc(C)c1F.Cl. The van der Waals surface area contributed by atoms with E-state index in [-0.39, 0.29) is 29.2 Å². The first-order valence-corrected chi connectivity index (χ1v) is 8.23. The Morgan fingerprint density at radius 3 is 2.14 bits per heavy atom. The molecule has 0 unspecified atom stereocenters. The van der Waals surface area contributed by atoms with Crippen LogP contribution in [0.15, 0.2) is 17.0 Å². The van der Waals surface area contributed by atoms with Gasteiger partial charge in [-0.25, -0.2) is 12.8 Å². The highest BCUT2D eigenvalue weighted by Crippen LogP contribution is 2.24. The van der Waals surface area contributed by atoms with Crippen molar-refractivity contribution in [1.29, 1.82) is 0 Å². The Balaban J connectivity index is 0.00000220. The van der Waals surface area contributed by atoms with Crippen molar-refractivity contribution in [3.05, 3.63) is 29.1 Å². The Labute approximate surface area is 132 Å². The first-order valence-electron chi connectivity index (χ1n) is 6.79. The summed E-state index contributed by atoms with van der Waals surface area (Å²) in [6.07, 6.45) is 1.60. The second kappa shape index (κ2) is 7.05. The number of rotatable bonds is 3. The molecule has 1 aromatic rings. The summed E-state index contributed by atoms with van der Waals surface area (Å²) < 4.78 is 40.3. The largest absolute Gasteiger partial charge is 0.317 e. The number of hydrogen-bond acceptors (Lipinski definition) is 3. The molecule has 120 valence electrons. The van der Waals surface area contributed by atoms with Crippen molar-refractivity contribution in [1.82, 2.24) is 9.62 Å². The van der Waals surface area contributed by atoms with Crippen LogP contribution in [0, 0.1) is 19.7 Å². The van der Waals surface area contributed by atoms with Crippen molar-refractivity contribution in [2.24, 2.45) is 0 Å². The fourth-order valence-corrected chi connectivity index (χ4v) is 4.18. The van der Waals surface area contributed by atoms with Crippen LogP contribution >= 0.6 is 12.4 Å². The van der Waals surface area contributed by atoms with Crippen molar-refractivity contribution in [2.75, 3.05) is 20.1 Å². The third-order valence-electron chi connectivity index (χ3n) is 3.91. The molecule has 0 aromatic heterocycles. The molecule has 1 aliphatic heterocycles. The third kappa shape index (κ3) is 3.74. The molecular weight excluding hydrogens is 315 g/mol. The quantitative estimate of drug-likeness (QED) is 0.921. The lowest BCUT2D eigenvalue weighted by molar-refractivity contribution is 0.296. The van der Waals surface area contributed by atoms with E-state index >= 15 is 0 Å². The Hall–Kier alpha value is -0.690. The maximum atomic E-state index is 13.6. The summed E-state index contributed by atoms with van der Waals surface area (Å²) in [5, 5.41) is 3.22. The number of sulfonamides is 1. The second-order valence-corrected chi connectivity index (χ2v) is 7.37. The van der Waals surface area contributed by atoms with E-state index in [0.717, 1.165) is 25.9 Å². The molecule has 2 rings (SSSR count). The molecule has 1 aliphatic rings. The molecule has 1 aromatic carbocycles. The van der Waals surface area contributed by atoms with E-state index < -0.39 is 10.0 Å². The molecule has 1 heterocycles. The zero-order valence-corrected chi connectivity index (χ0v) is 14.2. The summed E-state index contributed by atoms with van der Waals surface area (Å²) in [4.78, 5) is 0.176. The summed E-state index contributed by atoms with van der Waals surface area (Å²) in [5.41, 5.74) is 0.726. The maximum absolute atomic E-state index is 13.6. The highest BCUT2D eigenvalue weighted by atomic mass is 35.5. The minimum atomic E-state index is -3.56. The van der Waals surface area contributed by atoms with E-state index in [2.05, 4.69) is 5.32 Å². The van der Waals surface area contributed by atoms with Gasteiger partial charge in [0.15, 0.2) is 0 Å². The van der Waals surface area contributed by atoms with Crippen molar-refractivity contribution < 1.29 is 12.8 Å². The van der Waals surface area contributed by atoms with Crippen LogP contribution in [0.4, 0.5) is 4.39 Å². The Morgan fingerprint density at radius 2 is 1.67 bits per heavy atom. The number of benzene rings is 1. The van der Waals surface area contributed by atoms with Gasteiger partial charge in [-0.15, -0.1) is 12.4 Å². The van der Waals surface area contributed by atoms with E-state index in [0.29, 0.717) is 11.1 Å². The van der Waals surface area contributed by atoms with E-state index in [1.165, 1.54) is 16.4 Å². The van der Waals surface area contributed by atoms with Crippen LogP contribution in [-0.4, -0.2) is 38.9 Å². The standard InChI is InChI=1S/C14H21FN2O2S.ClH/c1-10-8-13(9-11(2)14(10)15)20(18,19)17(3)12-4-6-16-7-5-12;/h8-9,12,16H,4-7H2,1-3H3;1H. The molecule has 1 N–H and O–H groups in total. The normalized spacial score (nSPS) is 16.8. The van der Waals surface area contributed by atoms with E-state index in [1.807, 2.05) is 0 Å². The van der Waals surface area contributed by atoms with Crippen molar-refractivity contribution in [3.8, 4) is 0 Å². The third-order valence-corrected chi connectivity index (χ3v) is 5.80. The predicted octanol–water partition coefficient (Wildman–Crippen LogP) is 2.24. The van der Waals surface area contributed by atoms with Gasteiger partial charge in [-0.3, -0.25) is 0 Å². The smallest absolute Gasteiger partial charge is 0.243 e. The van der Waals surface area contributed by atoms with Gasteiger partial charge in [0.05, 0.1) is 4.90 Å². The van der Waals surface area contributed by atoms with Gasteiger partial charge in [-0.2, -0.15) is 4.31 Å². The number of hydrogen-bond donors (Lipinski definition) is 1. The van der Waals surface area contributed by atoms with E-state index in [1.54, 1.807) is 20.9 Å². The summed E-state index contributed by atoms with van der Waals surface area (Å²) >= 11 is 0. The van der Waals surface area contributed by atoms with Crippen LogP contribution in [0.3, 0.4) is 0 Å². The molecule has 21 heavy (non-hydrogen) atoms. The zero-order chi connectivity index (χ0) is 14.9. The van der Waals surface area contributed by atoms with Crippen LogP contribution in [0.1, 0.15) is 24.0 Å². The van der Waals surface area contributed by atoms with Gasteiger partial charge in [-0.05, 0) is 63.0 Å². The lowest BCUT2D eigenvalue weighted by Crippen LogP contribution is -2.43. The van der Waals surface area contributed by atoms with Gasteiger partial charge in [0.25, 0.3) is 0 Å². The van der Waals surface area contributed by atoms with E-state index in [9.17, 15) is 12.8 Å². The first kappa shape index (κ1) is 18.4. The minimum Gasteiger partial charge on any atom is -0.317 e. The van der Waals surface area contributed by atoms with Crippen molar-refractivity contribution >= 4 is 22.4 Å². The van der Waals surface area contributed by atoms with Gasteiger partial charge < -0.3 is 5.32 Å². The molecule has 1 fully saturated rings. The summed E-state index contributed by atoms with van der Waals surface area (Å²) in [5.74, 6) is -0.339. The van der Waals surface area contributed by atoms with Crippen LogP contribution in [-0.2, 0) is 10.0 Å².